The van der Waals surface area contributed by atoms with E-state index in [2.05, 4.69) is 40.0 Å². The Hall–Kier alpha value is -0.600. The zero-order valence-electron chi connectivity index (χ0n) is 8.43. The topological polar surface area (TPSA) is 12.9 Å². The number of nitrogens with zero attached hydrogens (tertiary/aromatic N) is 1. The Labute approximate surface area is 103 Å². The summed E-state index contributed by atoms with van der Waals surface area (Å²) in [5.74, 6) is 0. The molecule has 78 valence electrons. The number of aromatic nitrogens is 1. The van der Waals surface area contributed by atoms with E-state index in [0.717, 1.165) is 33.2 Å². The zero-order valence-corrected chi connectivity index (χ0v) is 10.8. The Morgan fingerprint density at radius 3 is 2.93 bits per heavy atom. The van der Waals surface area contributed by atoms with Gasteiger partial charge in [-0.15, -0.1) is 0 Å². The van der Waals surface area contributed by atoms with Crippen molar-refractivity contribution in [2.45, 2.75) is 19.8 Å². The summed E-state index contributed by atoms with van der Waals surface area (Å²) in [6, 6.07) is 6.26. The molecule has 0 N–H and O–H groups in total. The molecule has 2 rings (SSSR count). The standard InChI is InChI=1S/C12H11BrClN/c1-2-3-8-4-5-11-9(6-8)12(14)10(13)7-15-11/h4-7H,2-3H2,1H3. The van der Waals surface area contributed by atoms with Crippen molar-refractivity contribution in [3.05, 3.63) is 39.5 Å². The first-order valence-corrected chi connectivity index (χ1v) is 6.12. The van der Waals surface area contributed by atoms with Crippen molar-refractivity contribution >= 4 is 38.4 Å². The second-order valence-corrected chi connectivity index (χ2v) is 4.75. The Kier molecular flexibility index (Phi) is 3.27. The lowest BCUT2D eigenvalue weighted by atomic mass is 10.1. The van der Waals surface area contributed by atoms with Crippen LogP contribution < -0.4 is 0 Å². The van der Waals surface area contributed by atoms with E-state index in [1.54, 1.807) is 6.20 Å². The van der Waals surface area contributed by atoms with Gasteiger partial charge in [0.1, 0.15) is 0 Å². The maximum atomic E-state index is 6.21. The van der Waals surface area contributed by atoms with Gasteiger partial charge in [-0.2, -0.15) is 0 Å². The van der Waals surface area contributed by atoms with E-state index in [9.17, 15) is 0 Å². The van der Waals surface area contributed by atoms with Crippen molar-refractivity contribution in [3.63, 3.8) is 0 Å². The highest BCUT2D eigenvalue weighted by Crippen LogP contribution is 2.30. The molecule has 2 aromatic rings. The van der Waals surface area contributed by atoms with Crippen LogP contribution in [0.5, 0.6) is 0 Å². The third-order valence-corrected chi connectivity index (χ3v) is 3.60. The maximum Gasteiger partial charge on any atom is 0.0718 e. The Bertz CT molecular complexity index is 496. The molecule has 0 spiro atoms. The van der Waals surface area contributed by atoms with Crippen molar-refractivity contribution in [2.75, 3.05) is 0 Å². The van der Waals surface area contributed by atoms with Crippen LogP contribution in [0.25, 0.3) is 10.9 Å². The molecule has 0 aliphatic heterocycles. The van der Waals surface area contributed by atoms with Gasteiger partial charge in [-0.25, -0.2) is 0 Å². The van der Waals surface area contributed by atoms with Crippen LogP contribution in [0.1, 0.15) is 18.9 Å². The predicted molar refractivity (Wildman–Crippen MR) is 68.4 cm³/mol. The van der Waals surface area contributed by atoms with E-state index in [0.29, 0.717) is 0 Å². The van der Waals surface area contributed by atoms with Gasteiger partial charge in [0.05, 0.1) is 15.0 Å². The summed E-state index contributed by atoms with van der Waals surface area (Å²) in [4.78, 5) is 4.31. The van der Waals surface area contributed by atoms with Crippen molar-refractivity contribution < 1.29 is 0 Å². The maximum absolute atomic E-state index is 6.21. The SMILES string of the molecule is CCCc1ccc2ncc(Br)c(Cl)c2c1. The van der Waals surface area contributed by atoms with E-state index in [-0.39, 0.29) is 0 Å². The van der Waals surface area contributed by atoms with Crippen molar-refractivity contribution in [1.82, 2.24) is 4.98 Å². The van der Waals surface area contributed by atoms with Crippen LogP contribution in [0.15, 0.2) is 28.9 Å². The highest BCUT2D eigenvalue weighted by molar-refractivity contribution is 9.10. The van der Waals surface area contributed by atoms with Crippen LogP contribution in [0.3, 0.4) is 0 Å². The van der Waals surface area contributed by atoms with Crippen molar-refractivity contribution in [1.29, 1.82) is 0 Å². The third-order valence-electron chi connectivity index (χ3n) is 2.36. The van der Waals surface area contributed by atoms with Crippen LogP contribution in [-0.4, -0.2) is 4.98 Å². The van der Waals surface area contributed by atoms with Crippen LogP contribution in [0, 0.1) is 0 Å². The van der Waals surface area contributed by atoms with Gasteiger partial charge in [0.15, 0.2) is 0 Å². The van der Waals surface area contributed by atoms with E-state index < -0.39 is 0 Å². The number of benzene rings is 1. The Morgan fingerprint density at radius 2 is 2.20 bits per heavy atom. The molecule has 3 heteroatoms. The summed E-state index contributed by atoms with van der Waals surface area (Å²) in [5.41, 5.74) is 2.26. The molecule has 0 atom stereocenters. The van der Waals surface area contributed by atoms with Gasteiger partial charge in [-0.05, 0) is 40.0 Å². The summed E-state index contributed by atoms with van der Waals surface area (Å²) in [7, 11) is 0. The van der Waals surface area contributed by atoms with E-state index in [4.69, 9.17) is 11.6 Å². The van der Waals surface area contributed by atoms with Gasteiger partial charge in [0.2, 0.25) is 0 Å². The smallest absolute Gasteiger partial charge is 0.0718 e. The quantitative estimate of drug-likeness (QED) is 0.785. The van der Waals surface area contributed by atoms with E-state index in [1.807, 2.05) is 6.07 Å². The first-order chi connectivity index (χ1) is 7.22. The van der Waals surface area contributed by atoms with Gasteiger partial charge in [0, 0.05) is 11.6 Å². The number of hydrogen-bond donors (Lipinski definition) is 0. The molecule has 0 aliphatic carbocycles. The largest absolute Gasteiger partial charge is 0.255 e. The van der Waals surface area contributed by atoms with E-state index >= 15 is 0 Å². The fourth-order valence-electron chi connectivity index (χ4n) is 1.63. The molecule has 0 aliphatic rings. The van der Waals surface area contributed by atoms with Gasteiger partial charge >= 0.3 is 0 Å². The molecule has 15 heavy (non-hydrogen) atoms. The van der Waals surface area contributed by atoms with Gasteiger partial charge in [-0.1, -0.05) is 31.0 Å². The van der Waals surface area contributed by atoms with Crippen LogP contribution in [-0.2, 0) is 6.42 Å². The highest BCUT2D eigenvalue weighted by Gasteiger charge is 2.05. The summed E-state index contributed by atoms with van der Waals surface area (Å²) in [6.07, 6.45) is 3.97. The minimum Gasteiger partial charge on any atom is -0.255 e. The van der Waals surface area contributed by atoms with Gasteiger partial charge in [0.25, 0.3) is 0 Å². The second-order valence-electron chi connectivity index (χ2n) is 3.52. The number of fused-ring (bicyclic) bond motifs is 1. The fourth-order valence-corrected chi connectivity index (χ4v) is 2.14. The lowest BCUT2D eigenvalue weighted by Gasteiger charge is -2.04. The number of rotatable bonds is 2. The molecule has 0 amide bonds. The summed E-state index contributed by atoms with van der Waals surface area (Å²) < 4.78 is 0.852. The minimum atomic E-state index is 0.748. The van der Waals surface area contributed by atoms with Crippen LogP contribution in [0.4, 0.5) is 0 Å². The normalized spacial score (nSPS) is 10.9. The molecule has 0 fully saturated rings. The average Bonchev–Trinajstić information content (AvgIpc) is 2.25. The lowest BCUT2D eigenvalue weighted by Crippen LogP contribution is -1.86. The van der Waals surface area contributed by atoms with E-state index in [1.165, 1.54) is 5.56 Å². The number of pyridine rings is 1. The summed E-state index contributed by atoms with van der Waals surface area (Å²) in [6.45, 7) is 2.17. The monoisotopic (exact) mass is 283 g/mol. The molecular formula is C12H11BrClN. The second kappa shape index (κ2) is 4.50. The van der Waals surface area contributed by atoms with Crippen LogP contribution >= 0.6 is 27.5 Å². The molecule has 0 radical (unpaired) electrons. The fraction of sp³-hybridized carbons (Fsp3) is 0.250. The average molecular weight is 285 g/mol. The first kappa shape index (κ1) is 10.9. The Balaban J connectivity index is 2.63. The molecule has 1 nitrogen and oxygen atoms in total. The minimum absolute atomic E-state index is 0.748. The molecule has 1 heterocycles. The summed E-state index contributed by atoms with van der Waals surface area (Å²) in [5, 5.41) is 1.77. The number of halogens is 2. The molecule has 0 saturated heterocycles. The first-order valence-electron chi connectivity index (χ1n) is 4.95. The van der Waals surface area contributed by atoms with Crippen LogP contribution in [0.2, 0.25) is 5.02 Å². The molecule has 1 aromatic heterocycles. The molecule has 1 aromatic carbocycles. The predicted octanol–water partition coefficient (Wildman–Crippen LogP) is 4.60. The highest BCUT2D eigenvalue weighted by atomic mass is 79.9. The molecule has 0 unspecified atom stereocenters. The molecule has 0 bridgehead atoms. The third kappa shape index (κ3) is 2.16. The molecular weight excluding hydrogens is 273 g/mol. The Morgan fingerprint density at radius 1 is 1.40 bits per heavy atom. The summed E-state index contributed by atoms with van der Waals surface area (Å²) >= 11 is 9.60. The zero-order chi connectivity index (χ0) is 10.8. The van der Waals surface area contributed by atoms with Gasteiger partial charge < -0.3 is 0 Å². The van der Waals surface area contributed by atoms with Crippen molar-refractivity contribution in [3.8, 4) is 0 Å². The number of hydrogen-bond acceptors (Lipinski definition) is 1. The number of aryl methyl sites for hydroxylation is 1. The van der Waals surface area contributed by atoms with Crippen molar-refractivity contribution in [2.24, 2.45) is 0 Å². The van der Waals surface area contributed by atoms with Gasteiger partial charge in [-0.3, -0.25) is 4.98 Å². The lowest BCUT2D eigenvalue weighted by molar-refractivity contribution is 0.923. The molecule has 0 saturated carbocycles.